The molecule has 0 radical (unpaired) electrons. The maximum Gasteiger partial charge on any atom is 0.408 e. The molecule has 1 fully saturated rings. The molecule has 2 bridgehead atoms. The third-order valence-corrected chi connectivity index (χ3v) is 10.2. The van der Waals surface area contributed by atoms with E-state index >= 15 is 0 Å². The first kappa shape index (κ1) is 46.8. The van der Waals surface area contributed by atoms with Crippen molar-refractivity contribution < 1.29 is 53.1 Å². The van der Waals surface area contributed by atoms with Gasteiger partial charge in [-0.1, -0.05) is 53.7 Å². The number of carboxylic acid groups (broad SMARTS) is 2. The Hall–Kier alpha value is -4.39. The molecule has 4 atom stereocenters. The van der Waals surface area contributed by atoms with Crippen LogP contribution in [0, 0.1) is 29.1 Å². The average Bonchev–Trinajstić information content (AvgIpc) is 3.02. The van der Waals surface area contributed by atoms with E-state index in [9.17, 15) is 34.2 Å². The summed E-state index contributed by atoms with van der Waals surface area (Å²) in [7, 11) is 1.30. The quantitative estimate of drug-likeness (QED) is 0.153. The molecular weight excluding hydrogens is 708 g/mol. The van der Waals surface area contributed by atoms with Crippen molar-refractivity contribution in [2.75, 3.05) is 20.3 Å². The first-order valence-corrected chi connectivity index (χ1v) is 18.9. The Bertz CT molecular complexity index is 1660. The maximum absolute atomic E-state index is 13.6. The minimum Gasteiger partial charge on any atom is -0.496 e. The van der Waals surface area contributed by atoms with Crippen molar-refractivity contribution in [3.05, 3.63) is 46.5 Å². The van der Waals surface area contributed by atoms with Crippen LogP contribution in [-0.4, -0.2) is 71.6 Å². The second-order valence-electron chi connectivity index (χ2n) is 17.3. The van der Waals surface area contributed by atoms with E-state index in [2.05, 4.69) is 24.5 Å². The topological polar surface area (TPSA) is 187 Å². The van der Waals surface area contributed by atoms with E-state index in [1.807, 2.05) is 13.8 Å². The fourth-order valence-electron chi connectivity index (χ4n) is 7.28. The smallest absolute Gasteiger partial charge is 0.408 e. The molecule has 0 spiro atoms. The number of carbonyl (C=O) groups is 5. The molecule has 0 aromatic heterocycles. The Labute approximate surface area is 326 Å². The van der Waals surface area contributed by atoms with Crippen LogP contribution in [0.1, 0.15) is 120 Å². The van der Waals surface area contributed by atoms with Crippen molar-refractivity contribution in [3.63, 3.8) is 0 Å². The minimum atomic E-state index is -2.33. The van der Waals surface area contributed by atoms with Crippen molar-refractivity contribution in [3.8, 4) is 5.75 Å². The summed E-state index contributed by atoms with van der Waals surface area (Å²) in [5.74, 6) is -4.77. The van der Waals surface area contributed by atoms with Crippen LogP contribution in [0.3, 0.4) is 0 Å². The lowest BCUT2D eigenvalue weighted by atomic mass is 9.48. The highest BCUT2D eigenvalue weighted by molar-refractivity contribution is 5.97. The molecule has 0 heterocycles. The summed E-state index contributed by atoms with van der Waals surface area (Å²) in [6.07, 6.45) is 3.73. The highest BCUT2D eigenvalue weighted by atomic mass is 16.6. The van der Waals surface area contributed by atoms with Crippen LogP contribution in [0.2, 0.25) is 0 Å². The zero-order valence-corrected chi connectivity index (χ0v) is 35.4. The molecule has 0 unspecified atom stereocenters. The van der Waals surface area contributed by atoms with Gasteiger partial charge in [0.05, 0.1) is 7.11 Å². The van der Waals surface area contributed by atoms with Gasteiger partial charge in [0, 0.05) is 24.7 Å². The number of methoxy groups -OCH3 is 1. The van der Waals surface area contributed by atoms with E-state index in [-0.39, 0.29) is 39.9 Å². The number of aliphatic carboxylic acids is 2. The summed E-state index contributed by atoms with van der Waals surface area (Å²) in [6, 6.07) is 3.00. The van der Waals surface area contributed by atoms with Crippen LogP contribution in [0.25, 0.3) is 6.08 Å². The van der Waals surface area contributed by atoms with Crippen molar-refractivity contribution >= 4 is 36.0 Å². The lowest BCUT2D eigenvalue weighted by Gasteiger charge is -2.54. The molecule has 1 aromatic carbocycles. The Morgan fingerprint density at radius 2 is 1.29 bits per heavy atom. The van der Waals surface area contributed by atoms with Crippen molar-refractivity contribution in [1.29, 1.82) is 0 Å². The fourth-order valence-corrected chi connectivity index (χ4v) is 7.28. The number of nitrogens with one attached hydrogen (secondary N) is 2. The van der Waals surface area contributed by atoms with E-state index in [0.717, 1.165) is 25.2 Å². The van der Waals surface area contributed by atoms with Gasteiger partial charge in [-0.15, -0.1) is 0 Å². The van der Waals surface area contributed by atoms with Gasteiger partial charge in [-0.3, -0.25) is 4.79 Å². The van der Waals surface area contributed by atoms with E-state index in [0.29, 0.717) is 5.56 Å². The van der Waals surface area contributed by atoms with Crippen molar-refractivity contribution in [2.24, 2.45) is 29.1 Å². The predicted octanol–water partition coefficient (Wildman–Crippen LogP) is 7.84. The molecule has 13 heteroatoms. The van der Waals surface area contributed by atoms with Crippen LogP contribution in [0.4, 0.5) is 9.59 Å². The van der Waals surface area contributed by atoms with Gasteiger partial charge in [0.1, 0.15) is 17.0 Å². The average molecular weight is 773 g/mol. The second kappa shape index (κ2) is 17.6. The molecule has 3 aliphatic carbocycles. The first-order chi connectivity index (χ1) is 25.2. The number of carboxylic acids is 2. The lowest BCUT2D eigenvalue weighted by molar-refractivity contribution is -0.150. The highest BCUT2D eigenvalue weighted by Gasteiger charge is 2.57. The van der Waals surface area contributed by atoms with Gasteiger partial charge in [0.25, 0.3) is 0 Å². The largest absolute Gasteiger partial charge is 0.496 e. The van der Waals surface area contributed by atoms with Gasteiger partial charge in [-0.2, -0.15) is 0 Å². The zero-order chi connectivity index (χ0) is 42.5. The Morgan fingerprint density at radius 3 is 1.64 bits per heavy atom. The summed E-state index contributed by atoms with van der Waals surface area (Å²) in [5, 5.41) is 27.2. The number of amides is 2. The highest BCUT2D eigenvalue weighted by Crippen LogP contribution is 2.58. The third-order valence-electron chi connectivity index (χ3n) is 10.2. The standard InChI is InChI=1S/C38H54N2O10.C4H10O/c1-20(2)37(30(42)43,39-32(46)49-34(5,6)7)26-16-22(14-15-23-18-27(41)25-19-24(23)36(25,11)12)17-28(48-13)29(26)38(21(3)4,31(44)45)40-33(47)50-35(8,9)10;1-3-5-4-2/h14-18,20-21,24-25H,19H2,1-13H3,(H,39,46)(H,40,47)(H,42,43)(H,44,45);3-4H2,1-2H3/b15-14+;/t24-,25+,37-,38-;/m0./s1. The summed E-state index contributed by atoms with van der Waals surface area (Å²) in [4.78, 5) is 66.8. The minimum absolute atomic E-state index is 0.0329. The zero-order valence-electron chi connectivity index (χ0n) is 35.4. The molecule has 4 rings (SSSR count). The van der Waals surface area contributed by atoms with E-state index in [4.69, 9.17) is 18.9 Å². The number of rotatable bonds is 13. The summed E-state index contributed by atoms with van der Waals surface area (Å²) < 4.78 is 21.7. The van der Waals surface area contributed by atoms with Crippen molar-refractivity contribution in [1.82, 2.24) is 10.6 Å². The number of benzene rings is 1. The third kappa shape index (κ3) is 10.3. The van der Waals surface area contributed by atoms with Crippen LogP contribution in [0.15, 0.2) is 29.9 Å². The maximum atomic E-state index is 13.6. The van der Waals surface area contributed by atoms with Gasteiger partial charge in [0.15, 0.2) is 16.9 Å². The molecule has 55 heavy (non-hydrogen) atoms. The van der Waals surface area contributed by atoms with Gasteiger partial charge in [-0.05, 0) is 120 Å². The number of alkyl carbamates (subject to hydrolysis) is 2. The number of allylic oxidation sites excluding steroid dienone is 3. The number of fused-ring (bicyclic) bond motifs is 1. The molecule has 4 N–H and O–H groups in total. The Balaban J connectivity index is 0.00000196. The van der Waals surface area contributed by atoms with E-state index < -0.39 is 58.2 Å². The van der Waals surface area contributed by atoms with Crippen LogP contribution >= 0.6 is 0 Å². The Morgan fingerprint density at radius 1 is 0.818 bits per heavy atom. The van der Waals surface area contributed by atoms with Gasteiger partial charge in [-0.25, -0.2) is 19.2 Å². The second-order valence-corrected chi connectivity index (χ2v) is 17.3. The number of ketones is 1. The van der Waals surface area contributed by atoms with Gasteiger partial charge < -0.3 is 39.8 Å². The van der Waals surface area contributed by atoms with E-state index in [1.54, 1.807) is 87.5 Å². The molecule has 3 aliphatic rings. The Kier molecular flexibility index (Phi) is 15.0. The molecule has 308 valence electrons. The van der Waals surface area contributed by atoms with E-state index in [1.165, 1.54) is 19.2 Å². The van der Waals surface area contributed by atoms with Crippen LogP contribution < -0.4 is 15.4 Å². The van der Waals surface area contributed by atoms with Crippen molar-refractivity contribution in [2.45, 2.75) is 126 Å². The molecule has 1 saturated carbocycles. The molecule has 0 saturated heterocycles. The lowest BCUT2D eigenvalue weighted by Crippen LogP contribution is -2.61. The summed E-state index contributed by atoms with van der Waals surface area (Å²) in [5.41, 5.74) is -6.01. The summed E-state index contributed by atoms with van der Waals surface area (Å²) >= 11 is 0. The molecule has 13 nitrogen and oxygen atoms in total. The number of ether oxygens (including phenoxy) is 4. The predicted molar refractivity (Wildman–Crippen MR) is 210 cm³/mol. The van der Waals surface area contributed by atoms with Gasteiger partial charge in [0.2, 0.25) is 0 Å². The van der Waals surface area contributed by atoms with Crippen LogP contribution in [0.5, 0.6) is 5.75 Å². The van der Waals surface area contributed by atoms with Crippen LogP contribution in [-0.2, 0) is 39.7 Å². The number of hydrogen-bond acceptors (Lipinski definition) is 9. The normalized spacial score (nSPS) is 19.9. The molecule has 2 amide bonds. The van der Waals surface area contributed by atoms with Gasteiger partial charge >= 0.3 is 24.1 Å². The SMILES string of the molecule is CCOCC.COc1cc(/C=C/C2=CC(=O)[C@H]3C[C@@H]2C3(C)C)cc([C@](NC(=O)OC(C)(C)C)(C(=O)O)C(C)C)c1[C@](NC(=O)OC(C)(C)C)(C(=O)O)C(C)C. The molecular formula is C42H64N2O11. The first-order valence-electron chi connectivity index (χ1n) is 18.9. The number of hydrogen-bond donors (Lipinski definition) is 4. The monoisotopic (exact) mass is 772 g/mol. The number of carbonyl (C=O) groups excluding carboxylic acids is 3. The fraction of sp³-hybridized carbons (Fsp3) is 0.643. The summed E-state index contributed by atoms with van der Waals surface area (Å²) in [6.45, 7) is 25.8. The molecule has 0 aliphatic heterocycles. The molecule has 1 aromatic rings.